The highest BCUT2D eigenvalue weighted by molar-refractivity contribution is 6.25. The number of hydrogen-bond acceptors (Lipinski definition) is 6. The van der Waals surface area contributed by atoms with Crippen LogP contribution in [0.4, 0.5) is 11.4 Å². The molecule has 0 bridgehead atoms. The molecule has 9 nitrogen and oxygen atoms in total. The summed E-state index contributed by atoms with van der Waals surface area (Å²) >= 11 is 0. The summed E-state index contributed by atoms with van der Waals surface area (Å²) in [6, 6.07) is 14.7. The van der Waals surface area contributed by atoms with Crippen molar-refractivity contribution >= 4 is 23.1 Å². The maximum absolute atomic E-state index is 13.1. The molecule has 0 radical (unpaired) electrons. The Labute approximate surface area is 175 Å². The van der Waals surface area contributed by atoms with Gasteiger partial charge in [0.1, 0.15) is 0 Å². The number of nitro benzene ring substituents is 2. The van der Waals surface area contributed by atoms with E-state index >= 15 is 0 Å². The molecule has 0 saturated carbocycles. The molecule has 0 spiro atoms. The number of non-ortho nitro benzene ring substituents is 2. The third-order valence-corrected chi connectivity index (χ3v) is 5.20. The zero-order valence-electron chi connectivity index (χ0n) is 16.2. The Kier molecular flexibility index (Phi) is 4.78. The molecule has 3 aromatic rings. The van der Waals surface area contributed by atoms with Gasteiger partial charge in [0.2, 0.25) is 0 Å². The van der Waals surface area contributed by atoms with Gasteiger partial charge in [-0.2, -0.15) is 0 Å². The monoisotopic (exact) mass is 417 g/mol. The van der Waals surface area contributed by atoms with Crippen LogP contribution in [0, 0.1) is 20.2 Å². The minimum Gasteiger partial charge on any atom is -0.345 e. The molecule has 3 aromatic carbocycles. The van der Waals surface area contributed by atoms with E-state index in [0.717, 1.165) is 23.8 Å². The van der Waals surface area contributed by atoms with E-state index in [4.69, 9.17) is 0 Å². The first-order valence-electron chi connectivity index (χ1n) is 9.29. The van der Waals surface area contributed by atoms with Crippen molar-refractivity contribution in [3.05, 3.63) is 103 Å². The standard InChI is InChI=1S/C22H15N3O6/c1-12(13-5-3-2-4-6-13)23-22(27)19-11-15(25(30)31)10-18-20(19)16-8-7-14(24(28)29)9-17(16)21(18)26/h2-12H,1H3,(H,23,27)/t12-/m1/s1. The van der Waals surface area contributed by atoms with Gasteiger partial charge >= 0.3 is 0 Å². The van der Waals surface area contributed by atoms with Gasteiger partial charge in [0, 0.05) is 41.0 Å². The lowest BCUT2D eigenvalue weighted by atomic mass is 9.97. The number of hydrogen-bond donors (Lipinski definition) is 1. The van der Waals surface area contributed by atoms with Crippen LogP contribution in [-0.4, -0.2) is 21.5 Å². The predicted molar refractivity (Wildman–Crippen MR) is 111 cm³/mol. The normalized spacial score (nSPS) is 12.6. The van der Waals surface area contributed by atoms with E-state index in [9.17, 15) is 29.8 Å². The number of carbonyl (C=O) groups excluding carboxylic acids is 2. The molecule has 4 rings (SSSR count). The van der Waals surface area contributed by atoms with Crippen LogP contribution in [0.3, 0.4) is 0 Å². The summed E-state index contributed by atoms with van der Waals surface area (Å²) < 4.78 is 0. The molecule has 9 heteroatoms. The fourth-order valence-electron chi connectivity index (χ4n) is 3.68. The highest BCUT2D eigenvalue weighted by atomic mass is 16.6. The van der Waals surface area contributed by atoms with Crippen molar-refractivity contribution in [3.8, 4) is 11.1 Å². The van der Waals surface area contributed by atoms with Gasteiger partial charge in [-0.25, -0.2) is 0 Å². The largest absolute Gasteiger partial charge is 0.345 e. The van der Waals surface area contributed by atoms with Crippen LogP contribution < -0.4 is 5.32 Å². The average Bonchev–Trinajstić information content (AvgIpc) is 3.05. The first-order chi connectivity index (χ1) is 14.8. The Morgan fingerprint density at radius 2 is 1.52 bits per heavy atom. The van der Waals surface area contributed by atoms with Gasteiger partial charge in [0.15, 0.2) is 5.78 Å². The summed E-state index contributed by atoms with van der Waals surface area (Å²) in [6.45, 7) is 1.77. The molecule has 1 N–H and O–H groups in total. The van der Waals surface area contributed by atoms with Crippen molar-refractivity contribution in [3.63, 3.8) is 0 Å². The molecule has 1 atom stereocenters. The molecule has 0 heterocycles. The number of rotatable bonds is 5. The van der Waals surface area contributed by atoms with E-state index in [1.165, 1.54) is 12.1 Å². The molecule has 0 fully saturated rings. The van der Waals surface area contributed by atoms with E-state index in [1.54, 1.807) is 6.92 Å². The number of amides is 1. The van der Waals surface area contributed by atoms with Gasteiger partial charge in [0.25, 0.3) is 17.3 Å². The van der Waals surface area contributed by atoms with Crippen molar-refractivity contribution in [1.82, 2.24) is 5.32 Å². The number of nitro groups is 2. The maximum Gasteiger partial charge on any atom is 0.271 e. The Hall–Kier alpha value is -4.40. The molecule has 154 valence electrons. The average molecular weight is 417 g/mol. The minimum absolute atomic E-state index is 0.0257. The van der Waals surface area contributed by atoms with Crippen molar-refractivity contribution in [2.75, 3.05) is 0 Å². The minimum atomic E-state index is -0.684. The van der Waals surface area contributed by atoms with Crippen LogP contribution in [0.15, 0.2) is 60.7 Å². The van der Waals surface area contributed by atoms with Crippen LogP contribution in [0.5, 0.6) is 0 Å². The van der Waals surface area contributed by atoms with E-state index in [1.807, 2.05) is 30.3 Å². The second-order valence-corrected chi connectivity index (χ2v) is 7.09. The summed E-state index contributed by atoms with van der Waals surface area (Å²) in [4.78, 5) is 47.2. The van der Waals surface area contributed by atoms with Crippen molar-refractivity contribution < 1.29 is 19.4 Å². The fourth-order valence-corrected chi connectivity index (χ4v) is 3.68. The topological polar surface area (TPSA) is 132 Å². The van der Waals surface area contributed by atoms with Gasteiger partial charge in [-0.1, -0.05) is 30.3 Å². The van der Waals surface area contributed by atoms with Crippen LogP contribution in [0.25, 0.3) is 11.1 Å². The van der Waals surface area contributed by atoms with Crippen LogP contribution in [-0.2, 0) is 0 Å². The molecule has 0 unspecified atom stereocenters. The molecular weight excluding hydrogens is 402 g/mol. The molecule has 31 heavy (non-hydrogen) atoms. The predicted octanol–water partition coefficient (Wildman–Crippen LogP) is 4.21. The van der Waals surface area contributed by atoms with E-state index < -0.39 is 33.3 Å². The second-order valence-electron chi connectivity index (χ2n) is 7.09. The molecule has 1 amide bonds. The van der Waals surface area contributed by atoms with Gasteiger partial charge in [-0.15, -0.1) is 0 Å². The number of fused-ring (bicyclic) bond motifs is 3. The van der Waals surface area contributed by atoms with Gasteiger partial charge < -0.3 is 5.32 Å². The third-order valence-electron chi connectivity index (χ3n) is 5.20. The van der Waals surface area contributed by atoms with E-state index in [2.05, 4.69) is 5.32 Å². The molecular formula is C22H15N3O6. The van der Waals surface area contributed by atoms with Gasteiger partial charge in [-0.05, 0) is 24.1 Å². The number of nitrogens with one attached hydrogen (secondary N) is 1. The summed E-state index contributed by atoms with van der Waals surface area (Å²) in [7, 11) is 0. The lowest BCUT2D eigenvalue weighted by Crippen LogP contribution is -2.27. The fraction of sp³-hybridized carbons (Fsp3) is 0.0909. The smallest absolute Gasteiger partial charge is 0.271 e. The summed E-state index contributed by atoms with van der Waals surface area (Å²) in [5, 5.41) is 25.3. The van der Waals surface area contributed by atoms with Gasteiger partial charge in [0.05, 0.1) is 21.5 Å². The lowest BCUT2D eigenvalue weighted by Gasteiger charge is -2.16. The second kappa shape index (κ2) is 7.45. The highest BCUT2D eigenvalue weighted by Crippen LogP contribution is 2.42. The Bertz CT molecular complexity index is 1270. The van der Waals surface area contributed by atoms with Crippen LogP contribution in [0.2, 0.25) is 0 Å². The van der Waals surface area contributed by atoms with Crippen molar-refractivity contribution in [2.24, 2.45) is 0 Å². The number of carbonyl (C=O) groups is 2. The quantitative estimate of drug-likeness (QED) is 0.382. The summed E-state index contributed by atoms with van der Waals surface area (Å²) in [5.41, 5.74) is 0.691. The molecule has 1 aliphatic rings. The number of ketones is 1. The molecule has 0 aromatic heterocycles. The number of benzene rings is 3. The van der Waals surface area contributed by atoms with Crippen LogP contribution in [0.1, 0.15) is 44.8 Å². The number of nitrogens with zero attached hydrogens (tertiary/aromatic N) is 2. The van der Waals surface area contributed by atoms with Crippen LogP contribution >= 0.6 is 0 Å². The highest BCUT2D eigenvalue weighted by Gasteiger charge is 2.35. The summed E-state index contributed by atoms with van der Waals surface area (Å²) in [5.74, 6) is -1.18. The SMILES string of the molecule is C[C@@H](NC(=O)c1cc([N+](=O)[O-])cc2c1-c1ccc([N+](=O)[O-])cc1C2=O)c1ccccc1. The third kappa shape index (κ3) is 3.42. The Morgan fingerprint density at radius 3 is 2.16 bits per heavy atom. The Morgan fingerprint density at radius 1 is 0.871 bits per heavy atom. The molecule has 0 aliphatic heterocycles. The first-order valence-corrected chi connectivity index (χ1v) is 9.29. The zero-order chi connectivity index (χ0) is 22.3. The Balaban J connectivity index is 1.83. The van der Waals surface area contributed by atoms with Crippen molar-refractivity contribution in [1.29, 1.82) is 0 Å². The van der Waals surface area contributed by atoms with E-state index in [-0.39, 0.29) is 27.9 Å². The maximum atomic E-state index is 13.1. The van der Waals surface area contributed by atoms with Crippen molar-refractivity contribution in [2.45, 2.75) is 13.0 Å². The van der Waals surface area contributed by atoms with Gasteiger partial charge in [-0.3, -0.25) is 29.8 Å². The molecule has 1 aliphatic carbocycles. The van der Waals surface area contributed by atoms with E-state index in [0.29, 0.717) is 5.56 Å². The lowest BCUT2D eigenvalue weighted by molar-refractivity contribution is -0.385. The molecule has 0 saturated heterocycles. The first kappa shape index (κ1) is 19.9. The zero-order valence-corrected chi connectivity index (χ0v) is 16.2. The summed E-state index contributed by atoms with van der Waals surface area (Å²) in [6.07, 6.45) is 0.